The van der Waals surface area contributed by atoms with E-state index >= 15 is 0 Å². The zero-order valence-electron chi connectivity index (χ0n) is 6.35. The largest absolute Gasteiger partial charge is 0.295 e. The summed E-state index contributed by atoms with van der Waals surface area (Å²) in [5.41, 5.74) is 1.09. The van der Waals surface area contributed by atoms with E-state index in [2.05, 4.69) is 0 Å². The number of carbonyl (C=O) groups excluding carboxylic acids is 1. The van der Waals surface area contributed by atoms with Gasteiger partial charge in [-0.05, 0) is 18.9 Å². The third kappa shape index (κ3) is 2.66. The van der Waals surface area contributed by atoms with Gasteiger partial charge in [-0.25, -0.2) is 0 Å². The fourth-order valence-electron chi connectivity index (χ4n) is 1.02. The number of hydrogen-bond acceptors (Lipinski definition) is 1. The van der Waals surface area contributed by atoms with Crippen molar-refractivity contribution in [1.82, 2.24) is 0 Å². The molecule has 0 saturated carbocycles. The first-order chi connectivity index (χ1) is 5.33. The molecule has 0 atom stereocenters. The average molecular weight is 154 g/mol. The molecule has 0 fully saturated rings. The van der Waals surface area contributed by atoms with Gasteiger partial charge in [0.2, 0.25) is 0 Å². The molecule has 0 saturated heterocycles. The van der Waals surface area contributed by atoms with Gasteiger partial charge in [0.05, 0.1) is 6.67 Å². The van der Waals surface area contributed by atoms with Gasteiger partial charge in [0.15, 0.2) is 5.78 Å². The summed E-state index contributed by atoms with van der Waals surface area (Å²) in [6.45, 7) is -0.279. The molecule has 0 radical (unpaired) electrons. The molecule has 11 heavy (non-hydrogen) atoms. The average Bonchev–Trinajstić information content (AvgIpc) is 2.04. The zero-order valence-corrected chi connectivity index (χ0v) is 6.35. The van der Waals surface area contributed by atoms with Gasteiger partial charge in [-0.15, -0.1) is 0 Å². The van der Waals surface area contributed by atoms with Crippen LogP contribution in [0.15, 0.2) is 23.8 Å². The standard InChI is InChI=1S/C9H11FO/c10-7-1-2-8-3-5-9(11)6-4-8/h3-5H,1-2,6-7H2. The van der Waals surface area contributed by atoms with Crippen molar-refractivity contribution < 1.29 is 9.18 Å². The molecule has 1 aliphatic rings. The van der Waals surface area contributed by atoms with Crippen LogP contribution in [0.5, 0.6) is 0 Å². The Hall–Kier alpha value is -0.920. The summed E-state index contributed by atoms with van der Waals surface area (Å²) in [5.74, 6) is 0.133. The van der Waals surface area contributed by atoms with Crippen LogP contribution >= 0.6 is 0 Å². The Kier molecular flexibility index (Phi) is 3.02. The fraction of sp³-hybridized carbons (Fsp3) is 0.444. The molecule has 0 N–H and O–H groups in total. The van der Waals surface area contributed by atoms with E-state index in [4.69, 9.17) is 0 Å². The molecule has 0 aromatic heterocycles. The molecule has 2 heteroatoms. The minimum Gasteiger partial charge on any atom is -0.295 e. The highest BCUT2D eigenvalue weighted by Gasteiger charge is 2.02. The van der Waals surface area contributed by atoms with Crippen molar-refractivity contribution >= 4 is 5.78 Å². The lowest BCUT2D eigenvalue weighted by Gasteiger charge is -2.03. The number of rotatable bonds is 3. The van der Waals surface area contributed by atoms with Crippen LogP contribution in [0.2, 0.25) is 0 Å². The number of allylic oxidation sites excluding steroid dienone is 4. The highest BCUT2D eigenvalue weighted by Crippen LogP contribution is 2.12. The summed E-state index contributed by atoms with van der Waals surface area (Å²) in [7, 11) is 0. The topological polar surface area (TPSA) is 17.1 Å². The molecular formula is C9H11FO. The summed E-state index contributed by atoms with van der Waals surface area (Å²) in [4.78, 5) is 10.7. The van der Waals surface area contributed by atoms with Crippen molar-refractivity contribution in [3.05, 3.63) is 23.8 Å². The lowest BCUT2D eigenvalue weighted by Crippen LogP contribution is -1.96. The number of carbonyl (C=O) groups is 1. The van der Waals surface area contributed by atoms with E-state index in [0.717, 1.165) is 12.0 Å². The molecule has 0 heterocycles. The molecule has 1 aliphatic carbocycles. The van der Waals surface area contributed by atoms with Crippen molar-refractivity contribution in [1.29, 1.82) is 0 Å². The van der Waals surface area contributed by atoms with E-state index in [1.54, 1.807) is 12.2 Å². The lowest BCUT2D eigenvalue weighted by molar-refractivity contribution is -0.113. The quantitative estimate of drug-likeness (QED) is 0.609. The van der Waals surface area contributed by atoms with Crippen LogP contribution in [0.3, 0.4) is 0 Å². The van der Waals surface area contributed by atoms with Crippen LogP contribution < -0.4 is 0 Å². The van der Waals surface area contributed by atoms with E-state index in [1.807, 2.05) is 6.08 Å². The maximum Gasteiger partial charge on any atom is 0.159 e. The van der Waals surface area contributed by atoms with Crippen molar-refractivity contribution in [3.8, 4) is 0 Å². The van der Waals surface area contributed by atoms with Gasteiger partial charge in [-0.1, -0.05) is 17.7 Å². The van der Waals surface area contributed by atoms with Gasteiger partial charge in [0, 0.05) is 6.42 Å². The number of ketones is 1. The lowest BCUT2D eigenvalue weighted by atomic mass is 10.0. The van der Waals surface area contributed by atoms with Gasteiger partial charge < -0.3 is 0 Å². The first kappa shape index (κ1) is 8.18. The molecule has 0 aromatic rings. The Balaban J connectivity index is 2.37. The summed E-state index contributed by atoms with van der Waals surface area (Å²) in [5, 5.41) is 0. The molecule has 0 aromatic carbocycles. The monoisotopic (exact) mass is 154 g/mol. The predicted octanol–water partition coefficient (Wildman–Crippen LogP) is 2.19. The molecule has 0 bridgehead atoms. The maximum atomic E-state index is 11.7. The molecule has 1 nitrogen and oxygen atoms in total. The van der Waals surface area contributed by atoms with Crippen molar-refractivity contribution in [2.75, 3.05) is 6.67 Å². The Labute approximate surface area is 65.6 Å². The van der Waals surface area contributed by atoms with Crippen LogP contribution in [0, 0.1) is 0 Å². The van der Waals surface area contributed by atoms with Crippen molar-refractivity contribution in [3.63, 3.8) is 0 Å². The molecule has 60 valence electrons. The summed E-state index contributed by atoms with van der Waals surface area (Å²) in [6.07, 6.45) is 7.01. The zero-order chi connectivity index (χ0) is 8.10. The van der Waals surface area contributed by atoms with Gasteiger partial charge in [0.1, 0.15) is 0 Å². The van der Waals surface area contributed by atoms with Gasteiger partial charge in [-0.2, -0.15) is 0 Å². The summed E-state index contributed by atoms with van der Waals surface area (Å²) in [6, 6.07) is 0. The van der Waals surface area contributed by atoms with E-state index in [0.29, 0.717) is 12.8 Å². The van der Waals surface area contributed by atoms with Crippen LogP contribution in [-0.2, 0) is 4.79 Å². The van der Waals surface area contributed by atoms with Gasteiger partial charge >= 0.3 is 0 Å². The number of alkyl halides is 1. The molecule has 1 rings (SSSR count). The predicted molar refractivity (Wildman–Crippen MR) is 42.1 cm³/mol. The van der Waals surface area contributed by atoms with Crippen molar-refractivity contribution in [2.24, 2.45) is 0 Å². The molecule has 0 amide bonds. The van der Waals surface area contributed by atoms with Gasteiger partial charge in [0.25, 0.3) is 0 Å². The second-order valence-corrected chi connectivity index (χ2v) is 2.58. The Bertz CT molecular complexity index is 204. The normalized spacial score (nSPS) is 16.8. The highest BCUT2D eigenvalue weighted by molar-refractivity contribution is 5.92. The minimum atomic E-state index is -0.279. The molecule has 0 spiro atoms. The fourth-order valence-corrected chi connectivity index (χ4v) is 1.02. The second kappa shape index (κ2) is 4.06. The number of halogens is 1. The Morgan fingerprint density at radius 1 is 1.45 bits per heavy atom. The van der Waals surface area contributed by atoms with Crippen LogP contribution in [0.25, 0.3) is 0 Å². The first-order valence-corrected chi connectivity index (χ1v) is 3.79. The molecular weight excluding hydrogens is 143 g/mol. The van der Waals surface area contributed by atoms with Crippen LogP contribution in [-0.4, -0.2) is 12.5 Å². The van der Waals surface area contributed by atoms with E-state index in [-0.39, 0.29) is 12.5 Å². The molecule has 0 aliphatic heterocycles. The summed E-state index contributed by atoms with van der Waals surface area (Å²) >= 11 is 0. The first-order valence-electron chi connectivity index (χ1n) is 3.79. The minimum absolute atomic E-state index is 0.133. The highest BCUT2D eigenvalue weighted by atomic mass is 19.1. The third-order valence-electron chi connectivity index (χ3n) is 1.65. The van der Waals surface area contributed by atoms with E-state index in [9.17, 15) is 9.18 Å². The Morgan fingerprint density at radius 2 is 2.27 bits per heavy atom. The molecule has 0 unspecified atom stereocenters. The van der Waals surface area contributed by atoms with Gasteiger partial charge in [-0.3, -0.25) is 9.18 Å². The SMILES string of the molecule is O=C1C=CC(CCCF)=CC1. The van der Waals surface area contributed by atoms with Crippen LogP contribution in [0.1, 0.15) is 19.3 Å². The maximum absolute atomic E-state index is 11.7. The Morgan fingerprint density at radius 3 is 2.82 bits per heavy atom. The van der Waals surface area contributed by atoms with Crippen LogP contribution in [0.4, 0.5) is 4.39 Å². The van der Waals surface area contributed by atoms with E-state index in [1.165, 1.54) is 0 Å². The van der Waals surface area contributed by atoms with Crippen molar-refractivity contribution in [2.45, 2.75) is 19.3 Å². The smallest absolute Gasteiger partial charge is 0.159 e. The summed E-state index contributed by atoms with van der Waals surface area (Å²) < 4.78 is 11.7. The second-order valence-electron chi connectivity index (χ2n) is 2.58. The van der Waals surface area contributed by atoms with E-state index < -0.39 is 0 Å². The number of hydrogen-bond donors (Lipinski definition) is 0. The third-order valence-corrected chi connectivity index (χ3v) is 1.65.